The van der Waals surface area contributed by atoms with E-state index < -0.39 is 11.6 Å². The van der Waals surface area contributed by atoms with Crippen LogP contribution in [0.3, 0.4) is 0 Å². The Labute approximate surface area is 174 Å². The van der Waals surface area contributed by atoms with Gasteiger partial charge in [0.1, 0.15) is 11.6 Å². The number of benzene rings is 1. The van der Waals surface area contributed by atoms with Crippen molar-refractivity contribution < 1.29 is 13.5 Å². The molecule has 2 aromatic heterocycles. The first-order valence-corrected chi connectivity index (χ1v) is 10.3. The van der Waals surface area contributed by atoms with Gasteiger partial charge in [-0.15, -0.1) is 5.10 Å². The fourth-order valence-electron chi connectivity index (χ4n) is 5.81. The summed E-state index contributed by atoms with van der Waals surface area (Å²) < 4.78 is 36.0. The van der Waals surface area contributed by atoms with Crippen molar-refractivity contribution in [3.05, 3.63) is 65.1 Å². The Bertz CT molecular complexity index is 1110. The van der Waals surface area contributed by atoms with Crippen LogP contribution in [-0.2, 0) is 16.7 Å². The predicted octanol–water partition coefficient (Wildman–Crippen LogP) is 4.47. The van der Waals surface area contributed by atoms with E-state index in [2.05, 4.69) is 35.2 Å². The van der Waals surface area contributed by atoms with Crippen LogP contribution in [0.1, 0.15) is 49.6 Å². The van der Waals surface area contributed by atoms with Gasteiger partial charge in [0, 0.05) is 13.3 Å². The Morgan fingerprint density at radius 2 is 1.93 bits per heavy atom. The van der Waals surface area contributed by atoms with Gasteiger partial charge in [0.15, 0.2) is 0 Å². The van der Waals surface area contributed by atoms with Crippen LogP contribution in [-0.4, -0.2) is 33.7 Å². The molecule has 2 heterocycles. The number of aromatic nitrogens is 4. The van der Waals surface area contributed by atoms with E-state index in [1.165, 1.54) is 18.2 Å². The fourth-order valence-corrected chi connectivity index (χ4v) is 5.81. The van der Waals surface area contributed by atoms with Crippen molar-refractivity contribution in [2.45, 2.75) is 44.6 Å². The minimum absolute atomic E-state index is 0.118. The summed E-state index contributed by atoms with van der Waals surface area (Å²) in [5.74, 6) is -1.01. The molecule has 3 aromatic rings. The number of nitrogens with zero attached hydrogens (tertiary/aromatic N) is 4. The molecule has 1 saturated carbocycles. The van der Waals surface area contributed by atoms with E-state index in [4.69, 9.17) is 4.74 Å². The Morgan fingerprint density at radius 3 is 2.67 bits per heavy atom. The molecule has 156 valence electrons. The maximum absolute atomic E-state index is 14.4. The summed E-state index contributed by atoms with van der Waals surface area (Å²) in [6, 6.07) is 7.75. The minimum atomic E-state index is -0.626. The molecule has 2 bridgehead atoms. The number of hydrogen-bond acceptors (Lipinski definition) is 4. The highest BCUT2D eigenvalue weighted by Crippen LogP contribution is 2.69. The second-order valence-corrected chi connectivity index (χ2v) is 8.78. The maximum Gasteiger partial charge on any atom is 0.135 e. The van der Waals surface area contributed by atoms with Crippen molar-refractivity contribution in [3.63, 3.8) is 0 Å². The highest BCUT2D eigenvalue weighted by atomic mass is 19.1. The normalized spacial score (nSPS) is 23.7. The Balaban J connectivity index is 1.68. The molecule has 7 heteroatoms. The molecule has 0 N–H and O–H groups in total. The third-order valence-electron chi connectivity index (χ3n) is 7.26. The van der Waals surface area contributed by atoms with Gasteiger partial charge in [-0.3, -0.25) is 4.68 Å². The summed E-state index contributed by atoms with van der Waals surface area (Å²) in [5, 5.41) is 13.4. The van der Waals surface area contributed by atoms with Crippen LogP contribution in [0.5, 0.6) is 0 Å². The lowest BCUT2D eigenvalue weighted by molar-refractivity contribution is 0.175. The van der Waals surface area contributed by atoms with Crippen molar-refractivity contribution in [1.29, 1.82) is 0 Å². The van der Waals surface area contributed by atoms with E-state index in [0.29, 0.717) is 13.2 Å². The quantitative estimate of drug-likeness (QED) is 0.623. The van der Waals surface area contributed by atoms with Crippen LogP contribution in [0.2, 0.25) is 0 Å². The Morgan fingerprint density at radius 1 is 1.17 bits per heavy atom. The zero-order valence-corrected chi connectivity index (χ0v) is 17.3. The largest absolute Gasteiger partial charge is 0.383 e. The Hall–Kier alpha value is -2.67. The maximum atomic E-state index is 14.4. The number of halogens is 2. The first kappa shape index (κ1) is 19.3. The summed E-state index contributed by atoms with van der Waals surface area (Å²) in [6.45, 7) is 5.73. The number of fused-ring (bicyclic) bond motifs is 5. The van der Waals surface area contributed by atoms with Gasteiger partial charge in [0.25, 0.3) is 0 Å². The van der Waals surface area contributed by atoms with E-state index in [9.17, 15) is 8.78 Å². The van der Waals surface area contributed by atoms with E-state index in [1.54, 1.807) is 7.11 Å². The van der Waals surface area contributed by atoms with Gasteiger partial charge in [-0.05, 0) is 54.0 Å². The standard InChI is InChI=1S/C23H24F2N4O/c1-22(2)15-7-9-23(22,19-8-10-26-29(19)11-12-30-3)21-14(15)13-18(27-28-21)20-16(24)5-4-6-17(20)25/h4-6,8,10,13,15H,7,9,11-12H2,1-3H3/t15-,23-/m0/s1. The van der Waals surface area contributed by atoms with Crippen molar-refractivity contribution in [2.24, 2.45) is 5.41 Å². The van der Waals surface area contributed by atoms with Crippen molar-refractivity contribution in [2.75, 3.05) is 13.7 Å². The summed E-state index contributed by atoms with van der Waals surface area (Å²) in [7, 11) is 1.68. The molecule has 1 fully saturated rings. The minimum Gasteiger partial charge on any atom is -0.383 e. The smallest absolute Gasteiger partial charge is 0.135 e. The number of methoxy groups -OCH3 is 1. The summed E-state index contributed by atoms with van der Waals surface area (Å²) in [6.07, 6.45) is 3.75. The second kappa shape index (κ2) is 6.67. The van der Waals surface area contributed by atoms with E-state index in [1.807, 2.05) is 16.9 Å². The van der Waals surface area contributed by atoms with Crippen LogP contribution in [0.15, 0.2) is 36.5 Å². The summed E-state index contributed by atoms with van der Waals surface area (Å²) in [4.78, 5) is 0. The van der Waals surface area contributed by atoms with Gasteiger partial charge in [0.2, 0.25) is 0 Å². The average Bonchev–Trinajstić information content (AvgIpc) is 3.34. The van der Waals surface area contributed by atoms with E-state index in [-0.39, 0.29) is 28.0 Å². The van der Waals surface area contributed by atoms with Gasteiger partial charge in [0.05, 0.1) is 41.2 Å². The van der Waals surface area contributed by atoms with Gasteiger partial charge in [-0.2, -0.15) is 10.2 Å². The molecule has 1 aromatic carbocycles. The number of ether oxygens (including phenoxy) is 1. The van der Waals surface area contributed by atoms with E-state index in [0.717, 1.165) is 29.8 Å². The zero-order valence-electron chi connectivity index (χ0n) is 17.3. The molecule has 5 rings (SSSR count). The van der Waals surface area contributed by atoms with Crippen molar-refractivity contribution in [1.82, 2.24) is 20.0 Å². The molecule has 0 spiro atoms. The van der Waals surface area contributed by atoms with Crippen LogP contribution in [0.4, 0.5) is 8.78 Å². The van der Waals surface area contributed by atoms with Crippen molar-refractivity contribution in [3.8, 4) is 11.3 Å². The molecule has 5 nitrogen and oxygen atoms in total. The van der Waals surface area contributed by atoms with Crippen LogP contribution in [0.25, 0.3) is 11.3 Å². The molecule has 2 aliphatic rings. The molecule has 0 aliphatic heterocycles. The van der Waals surface area contributed by atoms with E-state index >= 15 is 0 Å². The number of hydrogen-bond donors (Lipinski definition) is 0. The van der Waals surface area contributed by atoms with Crippen LogP contribution < -0.4 is 0 Å². The third kappa shape index (κ3) is 2.38. The number of rotatable bonds is 5. The van der Waals surface area contributed by atoms with Gasteiger partial charge < -0.3 is 4.74 Å². The van der Waals surface area contributed by atoms with Gasteiger partial charge in [-0.25, -0.2) is 8.78 Å². The van der Waals surface area contributed by atoms with Crippen LogP contribution in [0, 0.1) is 17.0 Å². The Kier molecular flexibility index (Phi) is 4.29. The molecule has 0 amide bonds. The first-order valence-electron chi connectivity index (χ1n) is 10.3. The molecule has 0 unspecified atom stereocenters. The first-order chi connectivity index (χ1) is 14.4. The lowest BCUT2D eigenvalue weighted by Crippen LogP contribution is -2.39. The molecule has 30 heavy (non-hydrogen) atoms. The molecular formula is C23H24F2N4O. The lowest BCUT2D eigenvalue weighted by atomic mass is 9.66. The highest BCUT2D eigenvalue weighted by molar-refractivity contribution is 5.64. The lowest BCUT2D eigenvalue weighted by Gasteiger charge is -2.38. The average molecular weight is 410 g/mol. The topological polar surface area (TPSA) is 52.8 Å². The van der Waals surface area contributed by atoms with Gasteiger partial charge >= 0.3 is 0 Å². The van der Waals surface area contributed by atoms with Crippen molar-refractivity contribution >= 4 is 0 Å². The molecule has 0 radical (unpaired) electrons. The zero-order chi connectivity index (χ0) is 21.1. The summed E-state index contributed by atoms with van der Waals surface area (Å²) >= 11 is 0. The van der Waals surface area contributed by atoms with Crippen LogP contribution >= 0.6 is 0 Å². The molecule has 0 saturated heterocycles. The molecule has 2 aliphatic carbocycles. The monoisotopic (exact) mass is 410 g/mol. The van der Waals surface area contributed by atoms with Gasteiger partial charge in [-0.1, -0.05) is 19.9 Å². The predicted molar refractivity (Wildman–Crippen MR) is 108 cm³/mol. The SMILES string of the molecule is COCCn1nccc1[C@@]12CC[C@@H](c3cc(-c4c(F)cccc4F)nnc31)C2(C)C. The second-order valence-electron chi connectivity index (χ2n) is 8.78. The molecular weight excluding hydrogens is 386 g/mol. The summed E-state index contributed by atoms with van der Waals surface area (Å²) in [5.41, 5.74) is 2.72. The highest BCUT2D eigenvalue weighted by Gasteiger charge is 2.65. The molecule has 2 atom stereocenters. The third-order valence-corrected chi connectivity index (χ3v) is 7.26. The fraction of sp³-hybridized carbons (Fsp3) is 0.435.